The van der Waals surface area contributed by atoms with Crippen molar-refractivity contribution in [2.75, 3.05) is 11.4 Å². The summed E-state index contributed by atoms with van der Waals surface area (Å²) in [6.45, 7) is 2.88. The molecule has 22 heavy (non-hydrogen) atoms. The quantitative estimate of drug-likeness (QED) is 0.726. The van der Waals surface area contributed by atoms with E-state index >= 15 is 0 Å². The SMILES string of the molecule is CCC(=O)N(CCn1cccn1)c1nc2ccc(F)cc2s1. The third-order valence-electron chi connectivity index (χ3n) is 3.29. The molecule has 0 atom stereocenters. The van der Waals surface area contributed by atoms with E-state index in [0.29, 0.717) is 30.2 Å². The van der Waals surface area contributed by atoms with Gasteiger partial charge in [0.1, 0.15) is 5.82 Å². The van der Waals surface area contributed by atoms with E-state index in [-0.39, 0.29) is 11.7 Å². The van der Waals surface area contributed by atoms with Crippen LogP contribution < -0.4 is 4.90 Å². The maximum Gasteiger partial charge on any atom is 0.228 e. The minimum atomic E-state index is -0.299. The highest BCUT2D eigenvalue weighted by molar-refractivity contribution is 7.22. The first kappa shape index (κ1) is 14.6. The second-order valence-electron chi connectivity index (χ2n) is 4.78. The van der Waals surface area contributed by atoms with Gasteiger partial charge < -0.3 is 0 Å². The number of nitrogens with zero attached hydrogens (tertiary/aromatic N) is 4. The largest absolute Gasteiger partial charge is 0.286 e. The Kier molecular flexibility index (Phi) is 4.15. The average molecular weight is 318 g/mol. The molecule has 0 aliphatic rings. The number of benzene rings is 1. The van der Waals surface area contributed by atoms with Crippen LogP contribution in [0.4, 0.5) is 9.52 Å². The minimum absolute atomic E-state index is 0.00770. The zero-order chi connectivity index (χ0) is 15.5. The lowest BCUT2D eigenvalue weighted by Crippen LogP contribution is -2.33. The molecular weight excluding hydrogens is 303 g/mol. The number of amides is 1. The van der Waals surface area contributed by atoms with Crippen molar-refractivity contribution in [2.24, 2.45) is 0 Å². The first-order chi connectivity index (χ1) is 10.7. The van der Waals surface area contributed by atoms with Crippen molar-refractivity contribution in [2.45, 2.75) is 19.9 Å². The summed E-state index contributed by atoms with van der Waals surface area (Å²) in [6.07, 6.45) is 3.94. The normalized spacial score (nSPS) is 11.0. The molecule has 1 amide bonds. The summed E-state index contributed by atoms with van der Waals surface area (Å²) >= 11 is 1.32. The van der Waals surface area contributed by atoms with Crippen molar-refractivity contribution in [1.82, 2.24) is 14.8 Å². The lowest BCUT2D eigenvalue weighted by Gasteiger charge is -2.19. The van der Waals surface area contributed by atoms with Gasteiger partial charge in [0.05, 0.1) is 16.8 Å². The third kappa shape index (κ3) is 2.99. The molecule has 2 heterocycles. The van der Waals surface area contributed by atoms with E-state index in [1.54, 1.807) is 21.8 Å². The van der Waals surface area contributed by atoms with Gasteiger partial charge in [-0.3, -0.25) is 14.4 Å². The van der Waals surface area contributed by atoms with Crippen molar-refractivity contribution >= 4 is 32.6 Å². The number of fused-ring (bicyclic) bond motifs is 1. The van der Waals surface area contributed by atoms with Crippen LogP contribution in [0.25, 0.3) is 10.2 Å². The number of aromatic nitrogens is 3. The second-order valence-corrected chi connectivity index (χ2v) is 5.79. The number of halogens is 1. The summed E-state index contributed by atoms with van der Waals surface area (Å²) < 4.78 is 15.8. The summed E-state index contributed by atoms with van der Waals surface area (Å²) in [5.74, 6) is -0.306. The van der Waals surface area contributed by atoms with Crippen molar-refractivity contribution in [3.8, 4) is 0 Å². The smallest absolute Gasteiger partial charge is 0.228 e. The standard InChI is InChI=1S/C15H15FN4OS/c1-2-14(21)20(9-8-19-7-3-6-17-19)15-18-12-5-4-11(16)10-13(12)22-15/h3-7,10H,2,8-9H2,1H3. The Hall–Kier alpha value is -2.28. The highest BCUT2D eigenvalue weighted by atomic mass is 32.1. The number of thiazole rings is 1. The van der Waals surface area contributed by atoms with Gasteiger partial charge in [-0.05, 0) is 24.3 Å². The summed E-state index contributed by atoms with van der Waals surface area (Å²) in [5.41, 5.74) is 0.703. The highest BCUT2D eigenvalue weighted by Gasteiger charge is 2.18. The first-order valence-corrected chi connectivity index (χ1v) is 7.83. The molecule has 3 aromatic rings. The van der Waals surface area contributed by atoms with Gasteiger partial charge in [-0.25, -0.2) is 9.37 Å². The molecule has 0 unspecified atom stereocenters. The Morgan fingerprint density at radius 2 is 2.32 bits per heavy atom. The van der Waals surface area contributed by atoms with Crippen LogP contribution in [0.2, 0.25) is 0 Å². The van der Waals surface area contributed by atoms with Crippen LogP contribution in [-0.2, 0) is 11.3 Å². The van der Waals surface area contributed by atoms with E-state index in [9.17, 15) is 9.18 Å². The maximum absolute atomic E-state index is 13.3. The van der Waals surface area contributed by atoms with Crippen LogP contribution in [-0.4, -0.2) is 27.2 Å². The molecule has 3 rings (SSSR count). The van der Waals surface area contributed by atoms with Gasteiger partial charge in [0.25, 0.3) is 0 Å². The number of rotatable bonds is 5. The predicted octanol–water partition coefficient (Wildman–Crippen LogP) is 3.08. The number of carbonyl (C=O) groups excluding carboxylic acids is 1. The lowest BCUT2D eigenvalue weighted by atomic mass is 10.3. The van der Waals surface area contributed by atoms with E-state index in [0.717, 1.165) is 4.70 Å². The number of anilines is 1. The van der Waals surface area contributed by atoms with Crippen LogP contribution >= 0.6 is 11.3 Å². The Morgan fingerprint density at radius 3 is 3.05 bits per heavy atom. The highest BCUT2D eigenvalue weighted by Crippen LogP contribution is 2.29. The Labute approximate surface area is 131 Å². The zero-order valence-corrected chi connectivity index (χ0v) is 12.9. The van der Waals surface area contributed by atoms with E-state index < -0.39 is 0 Å². The number of hydrogen-bond donors (Lipinski definition) is 0. The first-order valence-electron chi connectivity index (χ1n) is 7.01. The molecule has 5 nitrogen and oxygen atoms in total. The molecule has 1 aromatic carbocycles. The van der Waals surface area contributed by atoms with Gasteiger partial charge in [0.15, 0.2) is 5.13 Å². The maximum atomic E-state index is 13.3. The monoisotopic (exact) mass is 318 g/mol. The average Bonchev–Trinajstić information content (AvgIpc) is 3.15. The summed E-state index contributed by atoms with van der Waals surface area (Å²) in [4.78, 5) is 18.3. The van der Waals surface area contributed by atoms with Gasteiger partial charge in [-0.1, -0.05) is 18.3 Å². The molecule has 0 radical (unpaired) electrons. The molecule has 0 fully saturated rings. The molecule has 2 aromatic heterocycles. The molecule has 0 N–H and O–H groups in total. The van der Waals surface area contributed by atoms with Crippen molar-refractivity contribution in [3.63, 3.8) is 0 Å². The minimum Gasteiger partial charge on any atom is -0.286 e. The van der Waals surface area contributed by atoms with Crippen LogP contribution in [0.1, 0.15) is 13.3 Å². The van der Waals surface area contributed by atoms with Crippen molar-refractivity contribution in [1.29, 1.82) is 0 Å². The number of hydrogen-bond acceptors (Lipinski definition) is 4. The molecule has 0 saturated heterocycles. The topological polar surface area (TPSA) is 51.0 Å². The van der Waals surface area contributed by atoms with Crippen LogP contribution in [0.15, 0.2) is 36.7 Å². The predicted molar refractivity (Wildman–Crippen MR) is 84.4 cm³/mol. The van der Waals surface area contributed by atoms with E-state index in [2.05, 4.69) is 10.1 Å². The third-order valence-corrected chi connectivity index (χ3v) is 4.33. The summed E-state index contributed by atoms with van der Waals surface area (Å²) in [7, 11) is 0. The van der Waals surface area contributed by atoms with Crippen LogP contribution in [0.3, 0.4) is 0 Å². The lowest BCUT2D eigenvalue weighted by molar-refractivity contribution is -0.118. The Bertz CT molecular complexity index is 784. The van der Waals surface area contributed by atoms with E-state index in [1.165, 1.54) is 23.5 Å². The summed E-state index contributed by atoms with van der Waals surface area (Å²) in [6, 6.07) is 6.29. The van der Waals surface area contributed by atoms with Crippen LogP contribution in [0.5, 0.6) is 0 Å². The van der Waals surface area contributed by atoms with Crippen LogP contribution in [0, 0.1) is 5.82 Å². The van der Waals surface area contributed by atoms with Gasteiger partial charge in [-0.15, -0.1) is 0 Å². The molecule has 0 aliphatic carbocycles. The van der Waals surface area contributed by atoms with E-state index in [4.69, 9.17) is 0 Å². The van der Waals surface area contributed by atoms with Gasteiger partial charge in [0, 0.05) is 25.4 Å². The molecule has 0 aliphatic heterocycles. The summed E-state index contributed by atoms with van der Waals surface area (Å²) in [5, 5.41) is 4.73. The molecule has 7 heteroatoms. The molecule has 0 saturated carbocycles. The van der Waals surface area contributed by atoms with Crippen molar-refractivity contribution < 1.29 is 9.18 Å². The fourth-order valence-corrected chi connectivity index (χ4v) is 3.19. The van der Waals surface area contributed by atoms with Gasteiger partial charge in [0.2, 0.25) is 5.91 Å². The Morgan fingerprint density at radius 1 is 1.45 bits per heavy atom. The van der Waals surface area contributed by atoms with E-state index in [1.807, 2.05) is 19.2 Å². The zero-order valence-electron chi connectivity index (χ0n) is 12.1. The van der Waals surface area contributed by atoms with Gasteiger partial charge >= 0.3 is 0 Å². The second kappa shape index (κ2) is 6.23. The fraction of sp³-hybridized carbons (Fsp3) is 0.267. The Balaban J connectivity index is 1.87. The molecular formula is C15H15FN4OS. The van der Waals surface area contributed by atoms with Gasteiger partial charge in [-0.2, -0.15) is 5.10 Å². The fourth-order valence-electron chi connectivity index (χ4n) is 2.15. The molecule has 0 bridgehead atoms. The van der Waals surface area contributed by atoms with Crippen molar-refractivity contribution in [3.05, 3.63) is 42.5 Å². The number of carbonyl (C=O) groups is 1. The molecule has 0 spiro atoms. The molecule has 114 valence electrons.